The van der Waals surface area contributed by atoms with Gasteiger partial charge in [-0.25, -0.2) is 0 Å². The minimum absolute atomic E-state index is 0.0541. The van der Waals surface area contributed by atoms with Crippen LogP contribution in [0.2, 0.25) is 0 Å². The van der Waals surface area contributed by atoms with Crippen molar-refractivity contribution >= 4 is 11.8 Å². The first kappa shape index (κ1) is 21.4. The predicted molar refractivity (Wildman–Crippen MR) is 116 cm³/mol. The van der Waals surface area contributed by atoms with Gasteiger partial charge in [0.05, 0.1) is 13.7 Å². The standard InChI is InChI=1S/C25H35NO4/c1-7-9-21(27)25(22(28)30-8-2)15-24(4)19-12-16-10-11-17(29-6)13-18(16)23(24,3)14-20(25)26(19)5/h10-11,13,19-20H,7-9,12,14-15H2,1-6H3/t19?,20?,23-,24+,25?/m0/s1. The van der Waals surface area contributed by atoms with Crippen molar-refractivity contribution in [2.24, 2.45) is 10.8 Å². The molecule has 2 heterocycles. The Labute approximate surface area is 180 Å². The Kier molecular flexibility index (Phi) is 5.04. The van der Waals surface area contributed by atoms with Crippen LogP contribution in [0.25, 0.3) is 0 Å². The molecule has 2 saturated heterocycles. The number of hydrogen-bond acceptors (Lipinski definition) is 5. The number of Topliss-reactive ketones (excluding diaryl/α,β-unsaturated/α-hetero) is 1. The molecule has 5 nitrogen and oxygen atoms in total. The average molecular weight is 414 g/mol. The normalized spacial score (nSPS) is 36.9. The van der Waals surface area contributed by atoms with Crippen LogP contribution in [0.15, 0.2) is 18.2 Å². The third-order valence-corrected chi connectivity index (χ3v) is 8.73. The average Bonchev–Trinajstić information content (AvgIpc) is 2.71. The van der Waals surface area contributed by atoms with Gasteiger partial charge in [-0.15, -0.1) is 0 Å². The van der Waals surface area contributed by atoms with E-state index in [0.717, 1.165) is 25.0 Å². The monoisotopic (exact) mass is 413 g/mol. The molecule has 4 aliphatic rings. The van der Waals surface area contributed by atoms with Crippen LogP contribution < -0.4 is 4.74 Å². The van der Waals surface area contributed by atoms with Gasteiger partial charge in [0.1, 0.15) is 11.2 Å². The van der Waals surface area contributed by atoms with Gasteiger partial charge in [-0.2, -0.15) is 0 Å². The highest BCUT2D eigenvalue weighted by Crippen LogP contribution is 2.68. The zero-order valence-electron chi connectivity index (χ0n) is 19.2. The van der Waals surface area contributed by atoms with E-state index in [1.165, 1.54) is 11.1 Å². The van der Waals surface area contributed by atoms with Crippen LogP contribution in [-0.4, -0.2) is 49.5 Å². The number of ketones is 1. The summed E-state index contributed by atoms with van der Waals surface area (Å²) in [5.74, 6) is 0.600. The Hall–Kier alpha value is -1.88. The molecule has 1 saturated carbocycles. The van der Waals surface area contributed by atoms with E-state index >= 15 is 0 Å². The number of likely N-dealkylation sites (N-methyl/N-ethyl adjacent to an activating group) is 1. The van der Waals surface area contributed by atoms with Crippen molar-refractivity contribution in [3.05, 3.63) is 29.3 Å². The lowest BCUT2D eigenvalue weighted by Gasteiger charge is -2.71. The number of methoxy groups -OCH3 is 1. The van der Waals surface area contributed by atoms with Crippen molar-refractivity contribution in [2.75, 3.05) is 20.8 Å². The number of esters is 1. The zero-order valence-corrected chi connectivity index (χ0v) is 19.2. The summed E-state index contributed by atoms with van der Waals surface area (Å²) >= 11 is 0. The molecule has 0 N–H and O–H groups in total. The molecule has 5 atom stereocenters. The molecular formula is C25H35NO4. The molecule has 0 amide bonds. The van der Waals surface area contributed by atoms with Crippen LogP contribution in [0.5, 0.6) is 5.75 Å². The highest BCUT2D eigenvalue weighted by Gasteiger charge is 2.73. The molecule has 1 aromatic rings. The van der Waals surface area contributed by atoms with Crippen LogP contribution in [0.3, 0.4) is 0 Å². The Morgan fingerprint density at radius 2 is 1.93 bits per heavy atom. The SMILES string of the molecule is CCCC(=O)C1(C(=O)OCC)C[C@]2(C)C3Cc4ccc(OC)cc4[C@]2(C)CC1N3C. The fraction of sp³-hybridized carbons (Fsp3) is 0.680. The van der Waals surface area contributed by atoms with E-state index in [4.69, 9.17) is 9.47 Å². The molecule has 4 bridgehead atoms. The lowest BCUT2D eigenvalue weighted by Crippen LogP contribution is -2.78. The summed E-state index contributed by atoms with van der Waals surface area (Å²) in [6, 6.07) is 6.55. The Bertz CT molecular complexity index is 862. The lowest BCUT2D eigenvalue weighted by molar-refractivity contribution is -0.208. The second-order valence-corrected chi connectivity index (χ2v) is 9.92. The van der Waals surface area contributed by atoms with Crippen LogP contribution in [0.4, 0.5) is 0 Å². The van der Waals surface area contributed by atoms with Gasteiger partial charge in [-0.1, -0.05) is 26.8 Å². The first-order chi connectivity index (χ1) is 14.2. The van der Waals surface area contributed by atoms with Crippen molar-refractivity contribution in [1.82, 2.24) is 4.90 Å². The Morgan fingerprint density at radius 1 is 1.20 bits per heavy atom. The van der Waals surface area contributed by atoms with Gasteiger partial charge in [-0.3, -0.25) is 14.5 Å². The molecule has 2 aliphatic carbocycles. The van der Waals surface area contributed by atoms with Gasteiger partial charge in [0.2, 0.25) is 0 Å². The van der Waals surface area contributed by atoms with Gasteiger partial charge in [0.15, 0.2) is 5.78 Å². The van der Waals surface area contributed by atoms with Crippen LogP contribution in [-0.2, 0) is 26.2 Å². The molecule has 0 aromatic heterocycles. The van der Waals surface area contributed by atoms with Crippen molar-refractivity contribution in [3.8, 4) is 5.75 Å². The van der Waals surface area contributed by atoms with Gasteiger partial charge >= 0.3 is 5.97 Å². The summed E-state index contributed by atoms with van der Waals surface area (Å²) in [4.78, 5) is 29.3. The lowest BCUT2D eigenvalue weighted by atomic mass is 9.39. The second-order valence-electron chi connectivity index (χ2n) is 9.92. The second kappa shape index (κ2) is 7.08. The molecule has 3 fully saturated rings. The molecule has 0 radical (unpaired) electrons. The smallest absolute Gasteiger partial charge is 0.321 e. The van der Waals surface area contributed by atoms with Crippen molar-refractivity contribution < 1.29 is 19.1 Å². The van der Waals surface area contributed by atoms with Crippen LogP contribution in [0.1, 0.15) is 64.5 Å². The van der Waals surface area contributed by atoms with E-state index in [0.29, 0.717) is 25.5 Å². The zero-order chi connectivity index (χ0) is 21.9. The predicted octanol–water partition coefficient (Wildman–Crippen LogP) is 3.91. The Balaban J connectivity index is 1.88. The molecule has 30 heavy (non-hydrogen) atoms. The van der Waals surface area contributed by atoms with Gasteiger partial charge in [0, 0.05) is 23.9 Å². The van der Waals surface area contributed by atoms with E-state index in [2.05, 4.69) is 37.9 Å². The first-order valence-electron chi connectivity index (χ1n) is 11.3. The summed E-state index contributed by atoms with van der Waals surface area (Å²) in [5, 5.41) is 0. The maximum Gasteiger partial charge on any atom is 0.321 e. The summed E-state index contributed by atoms with van der Waals surface area (Å²) in [7, 11) is 3.81. The number of nitrogens with zero attached hydrogens (tertiary/aromatic N) is 1. The largest absolute Gasteiger partial charge is 0.497 e. The summed E-state index contributed by atoms with van der Waals surface area (Å²) < 4.78 is 11.1. The van der Waals surface area contributed by atoms with Crippen LogP contribution >= 0.6 is 0 Å². The summed E-state index contributed by atoms with van der Waals surface area (Å²) in [6.45, 7) is 8.74. The molecular weight excluding hydrogens is 378 g/mol. The minimum Gasteiger partial charge on any atom is -0.497 e. The number of ether oxygens (including phenoxy) is 2. The fourth-order valence-corrected chi connectivity index (χ4v) is 7.02. The quantitative estimate of drug-likeness (QED) is 0.523. The highest BCUT2D eigenvalue weighted by atomic mass is 16.5. The molecule has 1 aromatic carbocycles. The van der Waals surface area contributed by atoms with E-state index < -0.39 is 5.41 Å². The topological polar surface area (TPSA) is 55.8 Å². The minimum atomic E-state index is -1.07. The van der Waals surface area contributed by atoms with Gasteiger partial charge < -0.3 is 9.47 Å². The maximum absolute atomic E-state index is 13.5. The molecule has 2 aliphatic heterocycles. The van der Waals surface area contributed by atoms with Gasteiger partial charge in [-0.05, 0) is 68.3 Å². The third kappa shape index (κ3) is 2.50. The third-order valence-electron chi connectivity index (χ3n) is 8.73. The summed E-state index contributed by atoms with van der Waals surface area (Å²) in [6.07, 6.45) is 3.42. The molecule has 164 valence electrons. The first-order valence-corrected chi connectivity index (χ1v) is 11.3. The highest BCUT2D eigenvalue weighted by molar-refractivity contribution is 6.05. The number of fused-ring (bicyclic) bond motifs is 2. The van der Waals surface area contributed by atoms with E-state index in [9.17, 15) is 9.59 Å². The van der Waals surface area contributed by atoms with Crippen LogP contribution in [0, 0.1) is 10.8 Å². The Morgan fingerprint density at radius 3 is 2.57 bits per heavy atom. The fourth-order valence-electron chi connectivity index (χ4n) is 7.02. The number of benzene rings is 1. The molecule has 5 heteroatoms. The van der Waals surface area contributed by atoms with Crippen molar-refractivity contribution in [2.45, 2.75) is 77.3 Å². The number of carbonyl (C=O) groups is 2. The number of carbonyl (C=O) groups excluding carboxylic acids is 2. The number of piperidine rings is 2. The van der Waals surface area contributed by atoms with Crippen molar-refractivity contribution in [1.29, 1.82) is 0 Å². The summed E-state index contributed by atoms with van der Waals surface area (Å²) in [5.41, 5.74) is 1.27. The van der Waals surface area contributed by atoms with Crippen molar-refractivity contribution in [3.63, 3.8) is 0 Å². The van der Waals surface area contributed by atoms with E-state index in [1.807, 2.05) is 19.9 Å². The molecule has 5 rings (SSSR count). The molecule has 0 spiro atoms. The maximum atomic E-state index is 13.5. The van der Waals surface area contributed by atoms with E-state index in [-0.39, 0.29) is 28.6 Å². The molecule has 3 unspecified atom stereocenters. The van der Waals surface area contributed by atoms with E-state index in [1.54, 1.807) is 7.11 Å². The van der Waals surface area contributed by atoms with Gasteiger partial charge in [0.25, 0.3) is 0 Å². The number of rotatable bonds is 6. The number of hydrogen-bond donors (Lipinski definition) is 0.